The molecular weight excluding hydrogens is 635 g/mol. The number of unbranched alkanes of at least 4 members (excludes halogenated alkanes) is 21. The minimum Gasteiger partial charge on any atom is -0.387 e. The highest BCUT2D eigenvalue weighted by Gasteiger charge is 2.27. The summed E-state index contributed by atoms with van der Waals surface area (Å²) in [4.78, 5) is 23.0. The van der Waals surface area contributed by atoms with E-state index < -0.39 is 20.0 Å². The summed E-state index contributed by atoms with van der Waals surface area (Å²) >= 11 is 0. The van der Waals surface area contributed by atoms with Gasteiger partial charge in [-0.15, -0.1) is 0 Å². The van der Waals surface area contributed by atoms with Gasteiger partial charge in [-0.3, -0.25) is 13.8 Å². The molecule has 0 spiro atoms. The van der Waals surface area contributed by atoms with Crippen LogP contribution in [-0.4, -0.2) is 73.4 Å². The molecule has 0 fully saturated rings. The van der Waals surface area contributed by atoms with E-state index in [9.17, 15) is 19.4 Å². The molecule has 0 aromatic heterocycles. The molecule has 3 N–H and O–H groups in total. The quantitative estimate of drug-likeness (QED) is 0.0258. The van der Waals surface area contributed by atoms with E-state index in [0.29, 0.717) is 17.4 Å². The van der Waals surface area contributed by atoms with Gasteiger partial charge in [0.05, 0.1) is 39.9 Å². The molecule has 3 atom stereocenters. The molecule has 8 nitrogen and oxygen atoms in total. The minimum atomic E-state index is -4.33. The Morgan fingerprint density at radius 2 is 1.12 bits per heavy atom. The lowest BCUT2D eigenvalue weighted by atomic mass is 10.0. The molecule has 0 saturated heterocycles. The number of hydrogen-bond acceptors (Lipinski definition) is 5. The van der Waals surface area contributed by atoms with Crippen LogP contribution in [0.2, 0.25) is 0 Å². The molecule has 0 aromatic rings. The maximum Gasteiger partial charge on any atom is 0.472 e. The average molecular weight is 716 g/mol. The first-order chi connectivity index (χ1) is 23.5. The van der Waals surface area contributed by atoms with Crippen molar-refractivity contribution in [3.63, 3.8) is 0 Å². The van der Waals surface area contributed by atoms with Gasteiger partial charge in [0.15, 0.2) is 0 Å². The number of allylic oxidation sites excluding steroid dienone is 3. The molecule has 290 valence electrons. The number of aliphatic hydroxyl groups is 1. The summed E-state index contributed by atoms with van der Waals surface area (Å²) in [6, 6.07) is -0.855. The molecule has 0 saturated carbocycles. The molecule has 0 aliphatic rings. The molecule has 1 amide bonds. The number of nitrogens with zero attached hydrogens (tertiary/aromatic N) is 1. The first-order valence-electron chi connectivity index (χ1n) is 20.2. The number of quaternary nitrogens is 1. The van der Waals surface area contributed by atoms with Crippen molar-refractivity contribution in [2.45, 2.75) is 187 Å². The lowest BCUT2D eigenvalue weighted by Crippen LogP contribution is -2.45. The first kappa shape index (κ1) is 48.0. The van der Waals surface area contributed by atoms with Crippen LogP contribution in [0, 0.1) is 0 Å². The van der Waals surface area contributed by atoms with E-state index in [0.717, 1.165) is 38.5 Å². The van der Waals surface area contributed by atoms with E-state index in [1.807, 2.05) is 27.2 Å². The van der Waals surface area contributed by atoms with Crippen LogP contribution in [0.1, 0.15) is 174 Å². The van der Waals surface area contributed by atoms with Crippen LogP contribution in [0.4, 0.5) is 0 Å². The van der Waals surface area contributed by atoms with Crippen molar-refractivity contribution in [3.8, 4) is 0 Å². The number of likely N-dealkylation sites (N-methyl/N-ethyl adjacent to an activating group) is 1. The topological polar surface area (TPSA) is 105 Å². The third kappa shape index (κ3) is 35.2. The zero-order valence-electron chi connectivity index (χ0n) is 32.7. The minimum absolute atomic E-state index is 0.0576. The number of aliphatic hydroxyl groups excluding tert-OH is 1. The lowest BCUT2D eigenvalue weighted by molar-refractivity contribution is -0.870. The Hall–Kier alpha value is -1.02. The highest BCUT2D eigenvalue weighted by Crippen LogP contribution is 2.43. The summed E-state index contributed by atoms with van der Waals surface area (Å²) in [6.07, 6.45) is 36.8. The summed E-state index contributed by atoms with van der Waals surface area (Å²) in [5.74, 6) is -0.189. The monoisotopic (exact) mass is 716 g/mol. The zero-order chi connectivity index (χ0) is 36.5. The van der Waals surface area contributed by atoms with Gasteiger partial charge in [-0.25, -0.2) is 4.57 Å². The second-order valence-corrected chi connectivity index (χ2v) is 16.5. The number of carbonyl (C=O) groups excluding carboxylic acids is 1. The van der Waals surface area contributed by atoms with Gasteiger partial charge in [-0.05, 0) is 32.1 Å². The van der Waals surface area contributed by atoms with E-state index in [2.05, 4.69) is 31.3 Å². The van der Waals surface area contributed by atoms with E-state index in [-0.39, 0.29) is 19.1 Å². The predicted octanol–water partition coefficient (Wildman–Crippen LogP) is 10.6. The van der Waals surface area contributed by atoms with Crippen LogP contribution < -0.4 is 5.32 Å². The van der Waals surface area contributed by atoms with Gasteiger partial charge in [0.2, 0.25) is 5.91 Å². The lowest BCUT2D eigenvalue weighted by Gasteiger charge is -2.25. The van der Waals surface area contributed by atoms with Crippen molar-refractivity contribution in [2.75, 3.05) is 40.9 Å². The maximum absolute atomic E-state index is 12.8. The largest absolute Gasteiger partial charge is 0.472 e. The molecule has 0 radical (unpaired) electrons. The molecule has 0 bridgehead atoms. The number of phosphoric ester groups is 1. The van der Waals surface area contributed by atoms with Crippen LogP contribution in [0.3, 0.4) is 0 Å². The fraction of sp³-hybridized carbons (Fsp3) is 0.875. The van der Waals surface area contributed by atoms with Crippen LogP contribution in [-0.2, 0) is 18.4 Å². The predicted molar refractivity (Wildman–Crippen MR) is 208 cm³/mol. The fourth-order valence-electron chi connectivity index (χ4n) is 5.64. The highest BCUT2D eigenvalue weighted by atomic mass is 31.2. The van der Waals surface area contributed by atoms with Crippen molar-refractivity contribution < 1.29 is 32.9 Å². The smallest absolute Gasteiger partial charge is 0.387 e. The fourth-order valence-corrected chi connectivity index (χ4v) is 6.38. The van der Waals surface area contributed by atoms with Gasteiger partial charge in [0.1, 0.15) is 13.2 Å². The summed E-state index contributed by atoms with van der Waals surface area (Å²) in [7, 11) is 1.55. The summed E-state index contributed by atoms with van der Waals surface area (Å²) < 4.78 is 23.4. The third-order valence-electron chi connectivity index (χ3n) is 8.92. The Kier molecular flexibility index (Phi) is 32.2. The maximum atomic E-state index is 12.8. The van der Waals surface area contributed by atoms with Crippen molar-refractivity contribution in [3.05, 3.63) is 24.3 Å². The third-order valence-corrected chi connectivity index (χ3v) is 9.91. The van der Waals surface area contributed by atoms with E-state index in [4.69, 9.17) is 9.05 Å². The van der Waals surface area contributed by atoms with Gasteiger partial charge in [-0.2, -0.15) is 0 Å². The van der Waals surface area contributed by atoms with Crippen LogP contribution >= 0.6 is 7.82 Å². The Morgan fingerprint density at radius 1 is 0.673 bits per heavy atom. The summed E-state index contributed by atoms with van der Waals surface area (Å²) in [5.41, 5.74) is 0. The van der Waals surface area contributed by atoms with Gasteiger partial charge in [-0.1, -0.05) is 160 Å². The van der Waals surface area contributed by atoms with Crippen molar-refractivity contribution >= 4 is 13.7 Å². The van der Waals surface area contributed by atoms with E-state index in [1.165, 1.54) is 116 Å². The number of rotatable bonds is 36. The van der Waals surface area contributed by atoms with Crippen LogP contribution in [0.15, 0.2) is 24.3 Å². The van der Waals surface area contributed by atoms with Gasteiger partial charge >= 0.3 is 7.82 Å². The molecular formula is C40H80N2O6P+. The Bertz CT molecular complexity index is 860. The molecule has 0 heterocycles. The molecule has 49 heavy (non-hydrogen) atoms. The number of hydrogen-bond donors (Lipinski definition) is 3. The van der Waals surface area contributed by atoms with Gasteiger partial charge in [0.25, 0.3) is 0 Å². The van der Waals surface area contributed by atoms with Crippen LogP contribution in [0.5, 0.6) is 0 Å². The Morgan fingerprint density at radius 3 is 1.63 bits per heavy atom. The second-order valence-electron chi connectivity index (χ2n) is 15.0. The second kappa shape index (κ2) is 32.9. The summed E-state index contributed by atoms with van der Waals surface area (Å²) in [5, 5.41) is 13.7. The van der Waals surface area contributed by atoms with Crippen molar-refractivity contribution in [2.24, 2.45) is 0 Å². The number of carbonyl (C=O) groups is 1. The van der Waals surface area contributed by atoms with Crippen molar-refractivity contribution in [1.29, 1.82) is 0 Å². The molecule has 9 heteroatoms. The molecule has 0 aliphatic heterocycles. The SMILES string of the molecule is CCCCC/C=C/CC/C=C/[C@@H](O)[C@H](COP(=O)(O)OCC[N+](C)(C)C)NC(=O)CCCCCCCCCCCCCCCCCCCC. The molecule has 0 aliphatic carbocycles. The zero-order valence-corrected chi connectivity index (χ0v) is 33.6. The number of phosphoric acid groups is 1. The average Bonchev–Trinajstić information content (AvgIpc) is 3.04. The van der Waals surface area contributed by atoms with E-state index in [1.54, 1.807) is 6.08 Å². The normalized spacial score (nSPS) is 14.8. The standard InChI is InChI=1S/C40H79N2O6P/c1-6-8-10-12-14-16-17-18-19-20-21-22-23-24-26-28-30-32-34-40(44)41-38(37-48-49(45,46)47-36-35-42(3,4)5)39(43)33-31-29-27-25-15-13-11-9-7-2/h15,25,31,33,38-39,43H,6-14,16-24,26-30,32,34-37H2,1-5H3,(H-,41,44,45,46)/p+1/b25-15+,33-31+/t38-,39+/m0/s1. The Labute approximate surface area is 303 Å². The van der Waals surface area contributed by atoms with Gasteiger partial charge in [0, 0.05) is 6.42 Å². The number of amides is 1. The van der Waals surface area contributed by atoms with E-state index >= 15 is 0 Å². The van der Waals surface area contributed by atoms with Gasteiger partial charge < -0.3 is 19.8 Å². The highest BCUT2D eigenvalue weighted by molar-refractivity contribution is 7.47. The Balaban J connectivity index is 4.36. The molecule has 1 unspecified atom stereocenters. The first-order valence-corrected chi connectivity index (χ1v) is 21.7. The molecule has 0 rings (SSSR count). The van der Waals surface area contributed by atoms with Crippen molar-refractivity contribution in [1.82, 2.24) is 5.32 Å². The summed E-state index contributed by atoms with van der Waals surface area (Å²) in [6.45, 7) is 4.73. The number of nitrogens with one attached hydrogen (secondary N) is 1. The molecule has 0 aromatic carbocycles. The van der Waals surface area contributed by atoms with Crippen LogP contribution in [0.25, 0.3) is 0 Å².